The van der Waals surface area contributed by atoms with E-state index in [1.54, 1.807) is 4.68 Å². The molecule has 4 fully saturated rings. The van der Waals surface area contributed by atoms with Gasteiger partial charge in [0.25, 0.3) is 0 Å². The molecule has 4 saturated carbocycles. The van der Waals surface area contributed by atoms with Gasteiger partial charge in [-0.3, -0.25) is 0 Å². The Kier molecular flexibility index (Phi) is 2.88. The number of aryl methyl sites for hydroxylation is 1. The van der Waals surface area contributed by atoms with Crippen LogP contribution in [0.2, 0.25) is 0 Å². The minimum Gasteiger partial charge on any atom is -0.330 e. The quantitative estimate of drug-likeness (QED) is 0.910. The largest absolute Gasteiger partial charge is 0.330 e. The first-order chi connectivity index (χ1) is 9.67. The number of aromatic nitrogens is 4. The molecule has 0 aliphatic heterocycles. The van der Waals surface area contributed by atoms with Crippen LogP contribution in [0.3, 0.4) is 0 Å². The van der Waals surface area contributed by atoms with Crippen LogP contribution in [0.15, 0.2) is 0 Å². The van der Waals surface area contributed by atoms with E-state index in [0.29, 0.717) is 17.9 Å². The second-order valence-electron chi connectivity index (χ2n) is 7.71. The van der Waals surface area contributed by atoms with Gasteiger partial charge in [0, 0.05) is 19.5 Å². The molecule has 5 nitrogen and oxygen atoms in total. The highest BCUT2D eigenvalue weighted by molar-refractivity contribution is 5.06. The van der Waals surface area contributed by atoms with Crippen molar-refractivity contribution < 1.29 is 0 Å². The third kappa shape index (κ3) is 1.98. The minimum absolute atomic E-state index is 0.325. The Bertz CT molecular complexity index is 459. The molecule has 1 unspecified atom stereocenters. The van der Waals surface area contributed by atoms with E-state index in [9.17, 15) is 0 Å². The van der Waals surface area contributed by atoms with Gasteiger partial charge in [-0.2, -0.15) is 0 Å². The van der Waals surface area contributed by atoms with Crippen LogP contribution < -0.4 is 5.73 Å². The second-order valence-corrected chi connectivity index (χ2v) is 7.71. The van der Waals surface area contributed by atoms with Crippen molar-refractivity contribution in [3.05, 3.63) is 5.82 Å². The minimum atomic E-state index is 0.325. The van der Waals surface area contributed by atoms with Crippen LogP contribution in [0.25, 0.3) is 0 Å². The van der Waals surface area contributed by atoms with Crippen molar-refractivity contribution >= 4 is 0 Å². The van der Waals surface area contributed by atoms with Gasteiger partial charge in [-0.25, -0.2) is 4.68 Å². The highest BCUT2D eigenvalue weighted by atomic mass is 15.5. The van der Waals surface area contributed by atoms with Crippen LogP contribution in [0, 0.1) is 23.2 Å². The fourth-order valence-electron chi connectivity index (χ4n) is 5.92. The Morgan fingerprint density at radius 3 is 2.25 bits per heavy atom. The third-order valence-corrected chi connectivity index (χ3v) is 6.15. The van der Waals surface area contributed by atoms with Crippen LogP contribution in [0.1, 0.15) is 56.7 Å². The molecule has 5 rings (SSSR count). The summed E-state index contributed by atoms with van der Waals surface area (Å²) in [5.41, 5.74) is 6.60. The maximum Gasteiger partial charge on any atom is 0.155 e. The van der Waals surface area contributed by atoms with E-state index in [0.717, 1.165) is 23.6 Å². The first-order valence-electron chi connectivity index (χ1n) is 8.10. The van der Waals surface area contributed by atoms with Crippen LogP contribution in [0.4, 0.5) is 0 Å². The summed E-state index contributed by atoms with van der Waals surface area (Å²) in [6, 6.07) is 0. The molecule has 0 radical (unpaired) electrons. The van der Waals surface area contributed by atoms with Gasteiger partial charge in [-0.05, 0) is 78.5 Å². The standard InChI is InChI=1S/C15H25N5/c1-20-14(17-18-19-20)13(9-16)8-15-5-10-2-11(6-15)4-12(3-10)7-15/h10-13H,2-9,16H2,1H3. The number of hydrogen-bond donors (Lipinski definition) is 1. The predicted octanol–water partition coefficient (Wildman–Crippen LogP) is 1.86. The fourth-order valence-corrected chi connectivity index (χ4v) is 5.92. The van der Waals surface area contributed by atoms with Gasteiger partial charge in [-0.15, -0.1) is 5.10 Å². The summed E-state index contributed by atoms with van der Waals surface area (Å²) in [6.45, 7) is 0.663. The first-order valence-corrected chi connectivity index (χ1v) is 8.10. The average molecular weight is 275 g/mol. The highest BCUT2D eigenvalue weighted by Crippen LogP contribution is 2.62. The molecule has 4 aliphatic rings. The maximum absolute atomic E-state index is 6.05. The SMILES string of the molecule is Cn1nnnc1C(CN)CC12CC3CC(CC(C3)C1)C2. The Morgan fingerprint density at radius 1 is 1.20 bits per heavy atom. The smallest absolute Gasteiger partial charge is 0.155 e. The van der Waals surface area contributed by atoms with Gasteiger partial charge in [0.15, 0.2) is 5.82 Å². The van der Waals surface area contributed by atoms with Gasteiger partial charge < -0.3 is 5.73 Å². The van der Waals surface area contributed by atoms with Gasteiger partial charge in [0.1, 0.15) is 0 Å². The molecule has 0 spiro atoms. The fraction of sp³-hybridized carbons (Fsp3) is 0.933. The third-order valence-electron chi connectivity index (χ3n) is 6.15. The van der Waals surface area contributed by atoms with Crippen molar-refractivity contribution in [2.45, 2.75) is 50.9 Å². The Morgan fingerprint density at radius 2 is 1.80 bits per heavy atom. The summed E-state index contributed by atoms with van der Waals surface area (Å²) in [4.78, 5) is 0. The van der Waals surface area contributed by atoms with Crippen LogP contribution in [0.5, 0.6) is 0 Å². The van der Waals surface area contributed by atoms with Crippen molar-refractivity contribution in [1.82, 2.24) is 20.2 Å². The molecular formula is C15H25N5. The molecule has 0 amide bonds. The van der Waals surface area contributed by atoms with Crippen LogP contribution >= 0.6 is 0 Å². The van der Waals surface area contributed by atoms with Crippen molar-refractivity contribution in [2.75, 3.05) is 6.54 Å². The molecule has 1 heterocycles. The number of hydrogen-bond acceptors (Lipinski definition) is 4. The van der Waals surface area contributed by atoms with E-state index in [1.807, 2.05) is 7.05 Å². The van der Waals surface area contributed by atoms with Crippen molar-refractivity contribution in [3.63, 3.8) is 0 Å². The van der Waals surface area contributed by atoms with Crippen molar-refractivity contribution in [3.8, 4) is 0 Å². The summed E-state index contributed by atoms with van der Waals surface area (Å²) in [5, 5.41) is 12.0. The van der Waals surface area contributed by atoms with Crippen LogP contribution in [-0.4, -0.2) is 26.8 Å². The zero-order chi connectivity index (χ0) is 13.7. The number of tetrazole rings is 1. The molecule has 5 heteroatoms. The summed E-state index contributed by atoms with van der Waals surface area (Å²) in [5.74, 6) is 4.29. The number of nitrogens with zero attached hydrogens (tertiary/aromatic N) is 4. The lowest BCUT2D eigenvalue weighted by molar-refractivity contribution is -0.0608. The van der Waals surface area contributed by atoms with Gasteiger partial charge in [0.2, 0.25) is 0 Å². The predicted molar refractivity (Wildman–Crippen MR) is 75.8 cm³/mol. The van der Waals surface area contributed by atoms with E-state index in [2.05, 4.69) is 15.5 Å². The molecule has 20 heavy (non-hydrogen) atoms. The van der Waals surface area contributed by atoms with Crippen molar-refractivity contribution in [2.24, 2.45) is 36.0 Å². The summed E-state index contributed by atoms with van der Waals surface area (Å²) >= 11 is 0. The van der Waals surface area contributed by atoms with Crippen molar-refractivity contribution in [1.29, 1.82) is 0 Å². The zero-order valence-corrected chi connectivity index (χ0v) is 12.3. The number of rotatable bonds is 4. The lowest BCUT2D eigenvalue weighted by Crippen LogP contribution is -2.47. The molecule has 1 aromatic rings. The van der Waals surface area contributed by atoms with E-state index in [1.165, 1.54) is 44.9 Å². The van der Waals surface area contributed by atoms with Gasteiger partial charge in [0.05, 0.1) is 0 Å². The van der Waals surface area contributed by atoms with Crippen LogP contribution in [-0.2, 0) is 7.05 Å². The monoisotopic (exact) mass is 275 g/mol. The summed E-state index contributed by atoms with van der Waals surface area (Å²) < 4.78 is 1.80. The zero-order valence-electron chi connectivity index (χ0n) is 12.3. The molecule has 4 aliphatic carbocycles. The molecule has 4 bridgehead atoms. The maximum atomic E-state index is 6.05. The normalized spacial score (nSPS) is 40.2. The molecule has 1 atom stereocenters. The second kappa shape index (κ2) is 4.52. The van der Waals surface area contributed by atoms with E-state index in [4.69, 9.17) is 5.73 Å². The average Bonchev–Trinajstić information content (AvgIpc) is 2.80. The van der Waals surface area contributed by atoms with Gasteiger partial charge in [-0.1, -0.05) is 0 Å². The van der Waals surface area contributed by atoms with E-state index in [-0.39, 0.29) is 0 Å². The summed E-state index contributed by atoms with van der Waals surface area (Å²) in [7, 11) is 1.93. The Hall–Kier alpha value is -0.970. The summed E-state index contributed by atoms with van der Waals surface area (Å²) in [6.07, 6.45) is 9.98. The molecule has 0 saturated heterocycles. The molecular weight excluding hydrogens is 250 g/mol. The molecule has 2 N–H and O–H groups in total. The Balaban J connectivity index is 1.57. The van der Waals surface area contributed by atoms with Gasteiger partial charge >= 0.3 is 0 Å². The van der Waals surface area contributed by atoms with E-state index < -0.39 is 0 Å². The molecule has 0 aromatic carbocycles. The molecule has 1 aromatic heterocycles. The number of nitrogens with two attached hydrogens (primary N) is 1. The topological polar surface area (TPSA) is 69.6 Å². The molecule has 110 valence electrons. The van der Waals surface area contributed by atoms with E-state index >= 15 is 0 Å². The Labute approximate surface area is 120 Å². The first kappa shape index (κ1) is 12.7. The lowest BCUT2D eigenvalue weighted by atomic mass is 9.48. The lowest BCUT2D eigenvalue weighted by Gasteiger charge is -2.57. The highest BCUT2D eigenvalue weighted by Gasteiger charge is 2.51.